The predicted octanol–water partition coefficient (Wildman–Crippen LogP) is 5.27. The van der Waals surface area contributed by atoms with Crippen molar-refractivity contribution in [1.29, 1.82) is 0 Å². The summed E-state index contributed by atoms with van der Waals surface area (Å²) in [6, 6.07) is 2.47. The average molecular weight is 422 g/mol. The van der Waals surface area contributed by atoms with Gasteiger partial charge in [0.05, 0.1) is 5.69 Å². The summed E-state index contributed by atoms with van der Waals surface area (Å²) in [4.78, 5) is 4.98. The number of nitrogens with one attached hydrogen (secondary N) is 1. The number of alkyl halides is 12. The number of H-pyrrole nitrogens is 1. The molecular formula is C13H10F12N2. The largest absolute Gasteiger partial charge is 0.384 e. The lowest BCUT2D eigenvalue weighted by Gasteiger charge is -2.40. The third-order valence-corrected chi connectivity index (χ3v) is 3.34. The molecule has 27 heavy (non-hydrogen) atoms. The number of aliphatic imine (C=N–C) groups is 1. The van der Waals surface area contributed by atoms with Crippen LogP contribution in [0.15, 0.2) is 23.3 Å². The molecule has 14 heteroatoms. The van der Waals surface area contributed by atoms with Crippen LogP contribution >= 0.6 is 0 Å². The Kier molecular flexibility index (Phi) is 5.67. The molecular weight excluding hydrogens is 412 g/mol. The van der Waals surface area contributed by atoms with E-state index in [9.17, 15) is 52.7 Å². The highest BCUT2D eigenvalue weighted by Crippen LogP contribution is 2.59. The van der Waals surface area contributed by atoms with Gasteiger partial charge in [0.15, 0.2) is 0 Å². The summed E-state index contributed by atoms with van der Waals surface area (Å²) < 4.78 is 158. The standard InChI is InChI=1S/C13H10F12N2/c1-8(14,15)10(18,19)12(22,23)13(24,25)11(20,21)9(16,17)6-26-5-7-3-2-4-27-7/h2-5,27H,6H2,1H3. The Labute approximate surface area is 143 Å². The second-order valence-corrected chi connectivity index (χ2v) is 5.49. The van der Waals surface area contributed by atoms with Crippen LogP contribution in [-0.4, -0.2) is 53.3 Å². The Bertz CT molecular complexity index is 657. The summed E-state index contributed by atoms with van der Waals surface area (Å²) in [7, 11) is 0. The van der Waals surface area contributed by atoms with Crippen LogP contribution in [0.3, 0.4) is 0 Å². The molecule has 0 fully saturated rings. The highest BCUT2D eigenvalue weighted by molar-refractivity contribution is 5.76. The van der Waals surface area contributed by atoms with Crippen molar-refractivity contribution in [2.24, 2.45) is 4.99 Å². The van der Waals surface area contributed by atoms with Gasteiger partial charge in [0.2, 0.25) is 0 Å². The van der Waals surface area contributed by atoms with E-state index in [1.807, 2.05) is 0 Å². The van der Waals surface area contributed by atoms with Gasteiger partial charge in [-0.2, -0.15) is 52.7 Å². The molecule has 2 nitrogen and oxygen atoms in total. The van der Waals surface area contributed by atoms with E-state index in [1.165, 1.54) is 18.3 Å². The fourth-order valence-electron chi connectivity index (χ4n) is 1.68. The van der Waals surface area contributed by atoms with E-state index in [0.717, 1.165) is 0 Å². The zero-order chi connectivity index (χ0) is 21.5. The Morgan fingerprint density at radius 2 is 1.30 bits per heavy atom. The summed E-state index contributed by atoms with van der Waals surface area (Å²) >= 11 is 0. The van der Waals surface area contributed by atoms with E-state index in [1.54, 1.807) is 0 Å². The first kappa shape index (κ1) is 23.1. The van der Waals surface area contributed by atoms with Gasteiger partial charge in [-0.25, -0.2) is 0 Å². The van der Waals surface area contributed by atoms with Gasteiger partial charge in [-0.3, -0.25) is 4.99 Å². The molecule has 1 rings (SSSR count). The molecule has 0 bridgehead atoms. The highest BCUT2D eigenvalue weighted by atomic mass is 19.4. The maximum Gasteiger partial charge on any atom is 0.384 e. The molecule has 1 aromatic rings. The lowest BCUT2D eigenvalue weighted by molar-refractivity contribution is -0.421. The van der Waals surface area contributed by atoms with Gasteiger partial charge in [0, 0.05) is 19.3 Å². The van der Waals surface area contributed by atoms with Crippen molar-refractivity contribution >= 4 is 6.21 Å². The average Bonchev–Trinajstić information content (AvgIpc) is 2.98. The van der Waals surface area contributed by atoms with Gasteiger partial charge >= 0.3 is 35.5 Å². The fourth-order valence-corrected chi connectivity index (χ4v) is 1.68. The van der Waals surface area contributed by atoms with Crippen molar-refractivity contribution in [2.45, 2.75) is 42.5 Å². The molecule has 0 unspecified atom stereocenters. The topological polar surface area (TPSA) is 28.1 Å². The Morgan fingerprint density at radius 1 is 0.815 bits per heavy atom. The molecule has 156 valence electrons. The van der Waals surface area contributed by atoms with Crippen LogP contribution in [0.5, 0.6) is 0 Å². The first-order valence-corrected chi connectivity index (χ1v) is 6.73. The lowest BCUT2D eigenvalue weighted by atomic mass is 9.92. The van der Waals surface area contributed by atoms with Crippen molar-refractivity contribution in [2.75, 3.05) is 6.54 Å². The first-order valence-electron chi connectivity index (χ1n) is 6.73. The van der Waals surface area contributed by atoms with E-state index in [0.29, 0.717) is 6.21 Å². The Balaban J connectivity index is 3.24. The van der Waals surface area contributed by atoms with Crippen molar-refractivity contribution in [3.05, 3.63) is 24.0 Å². The maximum atomic E-state index is 13.4. The molecule has 0 atom stereocenters. The third-order valence-electron chi connectivity index (χ3n) is 3.34. The second kappa shape index (κ2) is 6.62. The highest BCUT2D eigenvalue weighted by Gasteiger charge is 2.89. The van der Waals surface area contributed by atoms with Gasteiger partial charge in [-0.15, -0.1) is 0 Å². The quantitative estimate of drug-likeness (QED) is 0.437. The summed E-state index contributed by atoms with van der Waals surface area (Å²) in [5.41, 5.74) is -0.0663. The summed E-state index contributed by atoms with van der Waals surface area (Å²) in [5.74, 6) is -41.3. The molecule has 1 aromatic heterocycles. The molecule has 1 N–H and O–H groups in total. The normalized spacial score (nSPS) is 15.6. The van der Waals surface area contributed by atoms with Crippen molar-refractivity contribution in [3.63, 3.8) is 0 Å². The zero-order valence-electron chi connectivity index (χ0n) is 13.0. The summed E-state index contributed by atoms with van der Waals surface area (Å²) in [6.07, 6.45) is 1.69. The predicted molar refractivity (Wildman–Crippen MR) is 68.6 cm³/mol. The van der Waals surface area contributed by atoms with Gasteiger partial charge < -0.3 is 4.98 Å². The number of nitrogens with zero attached hydrogens (tertiary/aromatic N) is 1. The maximum absolute atomic E-state index is 13.4. The minimum atomic E-state index is -7.55. The van der Waals surface area contributed by atoms with E-state index >= 15 is 0 Å². The Morgan fingerprint density at radius 3 is 1.70 bits per heavy atom. The number of hydrogen-bond donors (Lipinski definition) is 1. The lowest BCUT2D eigenvalue weighted by Crippen LogP contribution is -2.70. The fraction of sp³-hybridized carbons (Fsp3) is 0.615. The smallest absolute Gasteiger partial charge is 0.360 e. The number of halogens is 12. The van der Waals surface area contributed by atoms with Gasteiger partial charge in [0.1, 0.15) is 6.54 Å². The molecule has 0 saturated carbocycles. The molecule has 0 spiro atoms. The van der Waals surface area contributed by atoms with E-state index in [-0.39, 0.29) is 5.69 Å². The summed E-state index contributed by atoms with van der Waals surface area (Å²) in [6.45, 7) is -3.47. The van der Waals surface area contributed by atoms with Crippen LogP contribution in [0.4, 0.5) is 52.7 Å². The van der Waals surface area contributed by atoms with Gasteiger partial charge in [-0.1, -0.05) is 0 Å². The SMILES string of the molecule is CC(F)(F)C(F)(F)C(F)(F)C(F)(F)C(F)(F)C(F)(F)CN=Cc1ccc[nH]1. The van der Waals surface area contributed by atoms with Gasteiger partial charge in [-0.05, 0) is 12.1 Å². The third kappa shape index (κ3) is 3.61. The minimum Gasteiger partial charge on any atom is -0.360 e. The molecule has 0 saturated heterocycles. The second-order valence-electron chi connectivity index (χ2n) is 5.49. The number of hydrogen-bond acceptors (Lipinski definition) is 1. The Hall–Kier alpha value is -1.89. The molecule has 1 heterocycles. The minimum absolute atomic E-state index is 0.0663. The monoisotopic (exact) mass is 422 g/mol. The van der Waals surface area contributed by atoms with Crippen LogP contribution in [0, 0.1) is 0 Å². The van der Waals surface area contributed by atoms with Crippen LogP contribution in [0.25, 0.3) is 0 Å². The molecule has 0 aliphatic rings. The molecule has 0 aromatic carbocycles. The van der Waals surface area contributed by atoms with E-state index < -0.39 is 49.0 Å². The number of aromatic nitrogens is 1. The van der Waals surface area contributed by atoms with Crippen molar-refractivity contribution in [1.82, 2.24) is 4.98 Å². The number of aromatic amines is 1. The molecule has 0 aliphatic heterocycles. The molecule has 0 amide bonds. The summed E-state index contributed by atoms with van der Waals surface area (Å²) in [5, 5.41) is 0. The first-order chi connectivity index (χ1) is 11.8. The van der Waals surface area contributed by atoms with E-state index in [2.05, 4.69) is 9.98 Å². The van der Waals surface area contributed by atoms with Crippen molar-refractivity contribution in [3.8, 4) is 0 Å². The van der Waals surface area contributed by atoms with E-state index in [4.69, 9.17) is 0 Å². The van der Waals surface area contributed by atoms with Crippen LogP contribution in [0.2, 0.25) is 0 Å². The van der Waals surface area contributed by atoms with Gasteiger partial charge in [0.25, 0.3) is 0 Å². The van der Waals surface area contributed by atoms with Crippen LogP contribution < -0.4 is 0 Å². The van der Waals surface area contributed by atoms with Crippen molar-refractivity contribution < 1.29 is 52.7 Å². The number of rotatable bonds is 8. The molecule has 0 aliphatic carbocycles. The van der Waals surface area contributed by atoms with Crippen LogP contribution in [-0.2, 0) is 0 Å². The molecule has 0 radical (unpaired) electrons. The zero-order valence-corrected chi connectivity index (χ0v) is 13.0. The van der Waals surface area contributed by atoms with Crippen LogP contribution in [0.1, 0.15) is 12.6 Å².